The molecule has 4 heterocycles. The Bertz CT molecular complexity index is 1290. The van der Waals surface area contributed by atoms with Gasteiger partial charge in [0, 0.05) is 23.9 Å². The van der Waals surface area contributed by atoms with Gasteiger partial charge in [0.1, 0.15) is 11.2 Å². The summed E-state index contributed by atoms with van der Waals surface area (Å²) in [6.07, 6.45) is 0.971. The maximum absolute atomic E-state index is 14.7. The van der Waals surface area contributed by atoms with E-state index >= 15 is 0 Å². The highest BCUT2D eigenvalue weighted by molar-refractivity contribution is 6.09. The van der Waals surface area contributed by atoms with Crippen LogP contribution >= 0.6 is 0 Å². The first-order valence-corrected chi connectivity index (χ1v) is 9.12. The van der Waals surface area contributed by atoms with E-state index in [1.807, 2.05) is 0 Å². The fraction of sp³-hybridized carbons (Fsp3) is 0.200. The minimum atomic E-state index is -4.71. The first kappa shape index (κ1) is 18.5. The lowest BCUT2D eigenvalue weighted by Gasteiger charge is -2.09. The van der Waals surface area contributed by atoms with Crippen LogP contribution in [0.1, 0.15) is 46.1 Å². The van der Waals surface area contributed by atoms with E-state index in [0.29, 0.717) is 16.9 Å². The molecule has 10 heteroatoms. The Labute approximate surface area is 166 Å². The van der Waals surface area contributed by atoms with Crippen molar-refractivity contribution >= 4 is 16.8 Å². The molecule has 1 saturated carbocycles. The molecule has 1 fully saturated rings. The second kappa shape index (κ2) is 6.48. The molecule has 4 aromatic heterocycles. The third kappa shape index (κ3) is 3.04. The first-order valence-electron chi connectivity index (χ1n) is 9.12. The van der Waals surface area contributed by atoms with Crippen LogP contribution in [0.3, 0.4) is 0 Å². The Morgan fingerprint density at radius 3 is 2.73 bits per heavy atom. The minimum Gasteiger partial charge on any atom is -0.358 e. The van der Waals surface area contributed by atoms with E-state index in [2.05, 4.69) is 24.9 Å². The molecule has 5 rings (SSSR count). The number of carbonyl (C=O) groups is 1. The molecule has 0 aliphatic heterocycles. The van der Waals surface area contributed by atoms with Gasteiger partial charge >= 0.3 is 6.18 Å². The Kier molecular flexibility index (Phi) is 3.99. The summed E-state index contributed by atoms with van der Waals surface area (Å²) in [5.41, 5.74) is -0.588. The number of ketones is 1. The van der Waals surface area contributed by atoms with Crippen LogP contribution < -0.4 is 0 Å². The standard InChI is InChI=1S/C20H13F4N5O/c21-14-15(9-3-4-9)27-8-13-17(14)29-19(28-13)12-6-10(7-26-12)18(30)16-11(20(22,23)24)2-1-5-25-16/h1-2,5-9,26H,3-4H2,(H,28,29). The van der Waals surface area contributed by atoms with Crippen LogP contribution in [0.4, 0.5) is 17.6 Å². The number of aromatic nitrogens is 5. The summed E-state index contributed by atoms with van der Waals surface area (Å²) in [7, 11) is 0. The normalized spacial score (nSPS) is 14.4. The number of hydrogen-bond acceptors (Lipinski definition) is 4. The lowest BCUT2D eigenvalue weighted by molar-refractivity contribution is -0.138. The predicted octanol–water partition coefficient (Wildman–Crippen LogP) is 4.61. The highest BCUT2D eigenvalue weighted by Gasteiger charge is 2.36. The van der Waals surface area contributed by atoms with E-state index in [9.17, 15) is 22.4 Å². The first-order chi connectivity index (χ1) is 14.3. The smallest absolute Gasteiger partial charge is 0.358 e. The van der Waals surface area contributed by atoms with Crippen LogP contribution in [-0.4, -0.2) is 30.7 Å². The number of aromatic amines is 2. The highest BCUT2D eigenvalue weighted by atomic mass is 19.4. The molecule has 0 saturated heterocycles. The fourth-order valence-corrected chi connectivity index (χ4v) is 3.34. The number of nitrogens with one attached hydrogen (secondary N) is 2. The van der Waals surface area contributed by atoms with Crippen molar-refractivity contribution in [1.29, 1.82) is 0 Å². The van der Waals surface area contributed by atoms with Gasteiger partial charge in [0.15, 0.2) is 11.6 Å². The number of rotatable bonds is 4. The van der Waals surface area contributed by atoms with Gasteiger partial charge in [-0.15, -0.1) is 0 Å². The molecule has 0 spiro atoms. The number of pyridine rings is 2. The fourth-order valence-electron chi connectivity index (χ4n) is 3.34. The molecule has 0 radical (unpaired) electrons. The predicted molar refractivity (Wildman–Crippen MR) is 98.3 cm³/mol. The Morgan fingerprint density at radius 2 is 2.00 bits per heavy atom. The minimum absolute atomic E-state index is 0.0214. The lowest BCUT2D eigenvalue weighted by Crippen LogP contribution is -2.15. The summed E-state index contributed by atoms with van der Waals surface area (Å²) < 4.78 is 54.2. The van der Waals surface area contributed by atoms with Crippen LogP contribution in [0, 0.1) is 5.82 Å². The van der Waals surface area contributed by atoms with Crippen molar-refractivity contribution in [3.63, 3.8) is 0 Å². The molecule has 30 heavy (non-hydrogen) atoms. The van der Waals surface area contributed by atoms with Gasteiger partial charge in [-0.2, -0.15) is 13.2 Å². The zero-order valence-corrected chi connectivity index (χ0v) is 15.2. The van der Waals surface area contributed by atoms with Crippen LogP contribution in [0.15, 0.2) is 36.8 Å². The zero-order valence-electron chi connectivity index (χ0n) is 15.2. The van der Waals surface area contributed by atoms with Gasteiger partial charge in [-0.25, -0.2) is 9.37 Å². The average molecular weight is 415 g/mol. The summed E-state index contributed by atoms with van der Waals surface area (Å²) in [6, 6.07) is 3.28. The average Bonchev–Trinajstić information content (AvgIpc) is 3.26. The van der Waals surface area contributed by atoms with E-state index in [0.717, 1.165) is 31.2 Å². The number of carbonyl (C=O) groups excluding carboxylic acids is 1. The van der Waals surface area contributed by atoms with E-state index < -0.39 is 29.0 Å². The molecule has 1 aliphatic carbocycles. The highest BCUT2D eigenvalue weighted by Crippen LogP contribution is 2.41. The van der Waals surface area contributed by atoms with Crippen molar-refractivity contribution in [3.05, 3.63) is 65.1 Å². The summed E-state index contributed by atoms with van der Waals surface area (Å²) in [5.74, 6) is -1.01. The van der Waals surface area contributed by atoms with Crippen molar-refractivity contribution in [2.24, 2.45) is 0 Å². The monoisotopic (exact) mass is 415 g/mol. The number of fused-ring (bicyclic) bond motifs is 1. The van der Waals surface area contributed by atoms with E-state index in [1.165, 1.54) is 18.5 Å². The van der Waals surface area contributed by atoms with Gasteiger partial charge in [-0.1, -0.05) is 0 Å². The second-order valence-electron chi connectivity index (χ2n) is 7.11. The second-order valence-corrected chi connectivity index (χ2v) is 7.11. The van der Waals surface area contributed by atoms with Gasteiger partial charge in [0.2, 0.25) is 5.78 Å². The number of imidazole rings is 1. The van der Waals surface area contributed by atoms with E-state index in [4.69, 9.17) is 0 Å². The molecule has 0 atom stereocenters. The van der Waals surface area contributed by atoms with E-state index in [-0.39, 0.29) is 22.8 Å². The summed E-state index contributed by atoms with van der Waals surface area (Å²) >= 11 is 0. The van der Waals surface area contributed by atoms with Crippen LogP contribution in [-0.2, 0) is 6.18 Å². The molecule has 4 aromatic rings. The largest absolute Gasteiger partial charge is 0.418 e. The quantitative estimate of drug-likeness (QED) is 0.376. The van der Waals surface area contributed by atoms with Gasteiger partial charge in [-0.05, 0) is 31.0 Å². The van der Waals surface area contributed by atoms with Crippen LogP contribution in [0.2, 0.25) is 0 Å². The Balaban J connectivity index is 1.51. The van der Waals surface area contributed by atoms with Crippen molar-refractivity contribution in [2.45, 2.75) is 24.9 Å². The summed E-state index contributed by atoms with van der Waals surface area (Å²) in [4.78, 5) is 30.4. The summed E-state index contributed by atoms with van der Waals surface area (Å²) in [5, 5.41) is 0. The molecular formula is C20H13F4N5O. The Morgan fingerprint density at radius 1 is 1.20 bits per heavy atom. The third-order valence-corrected chi connectivity index (χ3v) is 4.99. The van der Waals surface area contributed by atoms with Crippen molar-refractivity contribution < 1.29 is 22.4 Å². The molecule has 152 valence electrons. The van der Waals surface area contributed by atoms with E-state index in [1.54, 1.807) is 0 Å². The third-order valence-electron chi connectivity index (χ3n) is 4.99. The van der Waals surface area contributed by atoms with Crippen LogP contribution in [0.5, 0.6) is 0 Å². The molecule has 0 bridgehead atoms. The van der Waals surface area contributed by atoms with Crippen LogP contribution in [0.25, 0.3) is 22.6 Å². The van der Waals surface area contributed by atoms with Gasteiger partial charge in [0.05, 0.1) is 28.7 Å². The molecule has 0 unspecified atom stereocenters. The number of halogens is 4. The molecule has 6 nitrogen and oxygen atoms in total. The van der Waals surface area contributed by atoms with Crippen molar-refractivity contribution in [3.8, 4) is 11.5 Å². The number of alkyl halides is 3. The molecule has 2 N–H and O–H groups in total. The Hall–Kier alpha value is -3.56. The number of nitrogens with zero attached hydrogens (tertiary/aromatic N) is 3. The van der Waals surface area contributed by atoms with Gasteiger partial charge in [0.25, 0.3) is 0 Å². The molecule has 0 amide bonds. The topological polar surface area (TPSA) is 87.3 Å². The zero-order chi connectivity index (χ0) is 21.0. The number of H-pyrrole nitrogens is 2. The maximum atomic E-state index is 14.7. The van der Waals surface area contributed by atoms with Gasteiger partial charge in [-0.3, -0.25) is 14.8 Å². The molecular weight excluding hydrogens is 402 g/mol. The summed E-state index contributed by atoms with van der Waals surface area (Å²) in [6.45, 7) is 0. The number of hydrogen-bond donors (Lipinski definition) is 2. The van der Waals surface area contributed by atoms with Gasteiger partial charge < -0.3 is 9.97 Å². The van der Waals surface area contributed by atoms with Crippen molar-refractivity contribution in [1.82, 2.24) is 24.9 Å². The lowest BCUT2D eigenvalue weighted by atomic mass is 10.1. The molecule has 0 aromatic carbocycles. The van der Waals surface area contributed by atoms with Crippen molar-refractivity contribution in [2.75, 3.05) is 0 Å². The maximum Gasteiger partial charge on any atom is 0.418 e. The SMILES string of the molecule is O=C(c1c[nH]c(-c2nc3c(F)c(C4CC4)ncc3[nH]2)c1)c1ncccc1C(F)(F)F. The molecule has 1 aliphatic rings.